The molecule has 26 heavy (non-hydrogen) atoms. The highest BCUT2D eigenvalue weighted by molar-refractivity contribution is 6.39. The maximum absolute atomic E-state index is 13.0. The minimum absolute atomic E-state index is 0.150. The molecule has 0 radical (unpaired) electrons. The van der Waals surface area contributed by atoms with Gasteiger partial charge in [-0.3, -0.25) is 14.4 Å². The molecule has 138 valence electrons. The van der Waals surface area contributed by atoms with E-state index < -0.39 is 23.8 Å². The second kappa shape index (κ2) is 7.63. The molecule has 8 heteroatoms. The van der Waals surface area contributed by atoms with Crippen molar-refractivity contribution in [2.24, 2.45) is 11.0 Å². The number of halogens is 1. The summed E-state index contributed by atoms with van der Waals surface area (Å²) in [7, 11) is 0. The summed E-state index contributed by atoms with van der Waals surface area (Å²) in [5.41, 5.74) is 0.912. The third kappa shape index (κ3) is 4.07. The first-order valence-corrected chi connectivity index (χ1v) is 8.60. The predicted octanol–water partition coefficient (Wildman–Crippen LogP) is 1.67. The van der Waals surface area contributed by atoms with Crippen LogP contribution in [0.3, 0.4) is 0 Å². The van der Waals surface area contributed by atoms with Gasteiger partial charge in [-0.15, -0.1) is 0 Å². The molecule has 0 bridgehead atoms. The fourth-order valence-corrected chi connectivity index (χ4v) is 3.33. The lowest BCUT2D eigenvalue weighted by atomic mass is 10.0. The zero-order valence-corrected chi connectivity index (χ0v) is 14.2. The number of carbonyl (C=O) groups excluding carboxylic acids is 2. The van der Waals surface area contributed by atoms with Crippen molar-refractivity contribution in [1.82, 2.24) is 10.3 Å². The molecule has 1 fully saturated rings. The SMILES string of the molecule is O=C(N[C@H]1CCC[C@H]1C(=O)O)C1=NN(Cc2ccc(F)cc2)C(=O)CC1. The first-order valence-electron chi connectivity index (χ1n) is 8.60. The summed E-state index contributed by atoms with van der Waals surface area (Å²) < 4.78 is 13.0. The van der Waals surface area contributed by atoms with E-state index in [1.807, 2.05) is 0 Å². The monoisotopic (exact) mass is 361 g/mol. The molecule has 7 nitrogen and oxygen atoms in total. The molecule has 2 N–H and O–H groups in total. The highest BCUT2D eigenvalue weighted by Crippen LogP contribution is 2.26. The molecule has 2 amide bonds. The molecule has 2 aliphatic rings. The number of nitrogens with zero attached hydrogens (tertiary/aromatic N) is 2. The fraction of sp³-hybridized carbons (Fsp3) is 0.444. The minimum Gasteiger partial charge on any atom is -0.481 e. The summed E-state index contributed by atoms with van der Waals surface area (Å²) in [6.45, 7) is 0.150. The van der Waals surface area contributed by atoms with Gasteiger partial charge in [0, 0.05) is 18.9 Å². The summed E-state index contributed by atoms with van der Waals surface area (Å²) in [5, 5.41) is 17.3. The largest absolute Gasteiger partial charge is 0.481 e. The fourth-order valence-electron chi connectivity index (χ4n) is 3.33. The molecule has 1 heterocycles. The van der Waals surface area contributed by atoms with Gasteiger partial charge in [-0.25, -0.2) is 9.40 Å². The Hall–Kier alpha value is -2.77. The minimum atomic E-state index is -0.911. The van der Waals surface area contributed by atoms with Crippen LogP contribution in [0.15, 0.2) is 29.4 Å². The number of hydrogen-bond acceptors (Lipinski definition) is 4. The van der Waals surface area contributed by atoms with E-state index in [1.54, 1.807) is 12.1 Å². The number of benzene rings is 1. The Balaban J connectivity index is 1.68. The zero-order valence-electron chi connectivity index (χ0n) is 14.2. The molecular weight excluding hydrogens is 341 g/mol. The maximum Gasteiger partial charge on any atom is 0.308 e. The van der Waals surface area contributed by atoms with Gasteiger partial charge in [-0.2, -0.15) is 5.10 Å². The maximum atomic E-state index is 13.0. The van der Waals surface area contributed by atoms with Crippen molar-refractivity contribution in [3.8, 4) is 0 Å². The van der Waals surface area contributed by atoms with Crippen LogP contribution in [0.2, 0.25) is 0 Å². The van der Waals surface area contributed by atoms with Gasteiger partial charge < -0.3 is 10.4 Å². The molecule has 0 spiro atoms. The van der Waals surface area contributed by atoms with E-state index in [9.17, 15) is 23.9 Å². The van der Waals surface area contributed by atoms with Gasteiger partial charge >= 0.3 is 5.97 Å². The highest BCUT2D eigenvalue weighted by Gasteiger charge is 2.35. The molecule has 0 saturated heterocycles. The number of nitrogens with one attached hydrogen (secondary N) is 1. The number of carboxylic acids is 1. The Morgan fingerprint density at radius 2 is 1.96 bits per heavy atom. The number of carboxylic acid groups (broad SMARTS) is 1. The van der Waals surface area contributed by atoms with Crippen LogP contribution in [0.1, 0.15) is 37.7 Å². The third-order valence-electron chi connectivity index (χ3n) is 4.76. The van der Waals surface area contributed by atoms with Crippen LogP contribution in [-0.2, 0) is 20.9 Å². The number of rotatable bonds is 5. The summed E-state index contributed by atoms with van der Waals surface area (Å²) in [6, 6.07) is 5.30. The van der Waals surface area contributed by atoms with E-state index in [0.29, 0.717) is 18.4 Å². The molecule has 1 aliphatic heterocycles. The number of hydrazone groups is 1. The molecule has 1 aromatic carbocycles. The van der Waals surface area contributed by atoms with Crippen LogP contribution in [0.4, 0.5) is 4.39 Å². The topological polar surface area (TPSA) is 99.1 Å². The summed E-state index contributed by atoms with van der Waals surface area (Å²) in [5.74, 6) is -2.51. The Labute approximate surface area is 149 Å². The second-order valence-corrected chi connectivity index (χ2v) is 6.58. The van der Waals surface area contributed by atoms with Crippen molar-refractivity contribution in [2.45, 2.75) is 44.7 Å². The van der Waals surface area contributed by atoms with Crippen molar-refractivity contribution in [2.75, 3.05) is 0 Å². The van der Waals surface area contributed by atoms with E-state index in [-0.39, 0.29) is 36.8 Å². The number of carbonyl (C=O) groups is 3. The lowest BCUT2D eigenvalue weighted by Gasteiger charge is -2.24. The second-order valence-electron chi connectivity index (χ2n) is 6.58. The molecule has 3 rings (SSSR count). The van der Waals surface area contributed by atoms with E-state index in [4.69, 9.17) is 0 Å². The van der Waals surface area contributed by atoms with Crippen LogP contribution in [0, 0.1) is 11.7 Å². The Kier molecular flexibility index (Phi) is 5.29. The van der Waals surface area contributed by atoms with Crippen LogP contribution in [-0.4, -0.2) is 39.7 Å². The van der Waals surface area contributed by atoms with Crippen LogP contribution in [0.25, 0.3) is 0 Å². The van der Waals surface area contributed by atoms with Crippen molar-refractivity contribution >= 4 is 23.5 Å². The van der Waals surface area contributed by atoms with Crippen molar-refractivity contribution in [3.05, 3.63) is 35.6 Å². The Morgan fingerprint density at radius 3 is 2.65 bits per heavy atom. The first kappa shape index (κ1) is 18.0. The number of aliphatic carboxylic acids is 1. The van der Waals surface area contributed by atoms with Gasteiger partial charge in [-0.05, 0) is 30.5 Å². The summed E-state index contributed by atoms with van der Waals surface area (Å²) >= 11 is 0. The lowest BCUT2D eigenvalue weighted by molar-refractivity contribution is -0.142. The van der Waals surface area contributed by atoms with Crippen molar-refractivity contribution < 1.29 is 23.9 Å². The summed E-state index contributed by atoms with van der Waals surface area (Å²) in [4.78, 5) is 35.7. The van der Waals surface area contributed by atoms with Gasteiger partial charge in [0.05, 0.1) is 12.5 Å². The summed E-state index contributed by atoms with van der Waals surface area (Å²) in [6.07, 6.45) is 2.29. The zero-order chi connectivity index (χ0) is 18.7. The molecular formula is C18H20FN3O4. The average molecular weight is 361 g/mol. The van der Waals surface area contributed by atoms with Crippen LogP contribution in [0.5, 0.6) is 0 Å². The van der Waals surface area contributed by atoms with E-state index in [1.165, 1.54) is 17.1 Å². The van der Waals surface area contributed by atoms with Gasteiger partial charge in [0.1, 0.15) is 11.5 Å². The van der Waals surface area contributed by atoms with Gasteiger partial charge in [0.15, 0.2) is 0 Å². The normalized spacial score (nSPS) is 22.9. The van der Waals surface area contributed by atoms with E-state index in [0.717, 1.165) is 6.42 Å². The van der Waals surface area contributed by atoms with E-state index >= 15 is 0 Å². The highest BCUT2D eigenvalue weighted by atomic mass is 19.1. The van der Waals surface area contributed by atoms with Crippen LogP contribution >= 0.6 is 0 Å². The predicted molar refractivity (Wildman–Crippen MR) is 90.5 cm³/mol. The number of hydrogen-bond donors (Lipinski definition) is 2. The molecule has 1 saturated carbocycles. The standard InChI is InChI=1S/C18H20FN3O4/c19-12-6-4-11(5-7-12)10-22-16(23)9-8-15(21-22)17(24)20-14-3-1-2-13(14)18(25)26/h4-7,13-14H,1-3,8-10H2,(H,20,24)(H,25,26)/t13-,14+/m1/s1. The van der Waals surface area contributed by atoms with Crippen molar-refractivity contribution in [1.29, 1.82) is 0 Å². The average Bonchev–Trinajstić information content (AvgIpc) is 3.07. The molecule has 1 aromatic rings. The van der Waals surface area contributed by atoms with Crippen molar-refractivity contribution in [3.63, 3.8) is 0 Å². The third-order valence-corrected chi connectivity index (χ3v) is 4.76. The quantitative estimate of drug-likeness (QED) is 0.833. The molecule has 0 unspecified atom stereocenters. The van der Waals surface area contributed by atoms with E-state index in [2.05, 4.69) is 10.4 Å². The smallest absolute Gasteiger partial charge is 0.308 e. The molecule has 1 aliphatic carbocycles. The Bertz CT molecular complexity index is 747. The molecule has 2 atom stereocenters. The van der Waals surface area contributed by atoms with Crippen LogP contribution < -0.4 is 5.32 Å². The number of amides is 2. The van der Waals surface area contributed by atoms with Gasteiger partial charge in [-0.1, -0.05) is 18.6 Å². The van der Waals surface area contributed by atoms with Gasteiger partial charge in [0.2, 0.25) is 5.91 Å². The molecule has 0 aromatic heterocycles. The Morgan fingerprint density at radius 1 is 1.23 bits per heavy atom. The first-order chi connectivity index (χ1) is 12.4. The lowest BCUT2D eigenvalue weighted by Crippen LogP contribution is -2.45. The van der Waals surface area contributed by atoms with Gasteiger partial charge in [0.25, 0.3) is 5.91 Å².